The normalized spacial score (nSPS) is 10.4. The van der Waals surface area contributed by atoms with E-state index in [0.717, 1.165) is 16.4 Å². The summed E-state index contributed by atoms with van der Waals surface area (Å²) in [6.45, 7) is 3.90. The molecule has 5 heteroatoms. The van der Waals surface area contributed by atoms with E-state index in [1.54, 1.807) is 12.1 Å². The van der Waals surface area contributed by atoms with Crippen molar-refractivity contribution in [1.29, 1.82) is 0 Å². The van der Waals surface area contributed by atoms with Gasteiger partial charge in [-0.3, -0.25) is 4.79 Å². The highest BCUT2D eigenvalue weighted by atomic mass is 32.1. The standard InChI is InChI=1S/C13H13FN2OS/c1-8-13(9(2)17)18-12(16-8)7-15-11-5-3-10(14)4-6-11/h3-6,15H,7H2,1-2H3. The number of carbonyl (C=O) groups is 1. The number of aromatic nitrogens is 1. The number of aryl methyl sites for hydroxylation is 1. The molecule has 0 bridgehead atoms. The van der Waals surface area contributed by atoms with E-state index in [-0.39, 0.29) is 11.6 Å². The van der Waals surface area contributed by atoms with Gasteiger partial charge in [0.25, 0.3) is 0 Å². The van der Waals surface area contributed by atoms with Crippen molar-refractivity contribution < 1.29 is 9.18 Å². The van der Waals surface area contributed by atoms with Crippen molar-refractivity contribution in [1.82, 2.24) is 4.98 Å². The lowest BCUT2D eigenvalue weighted by Crippen LogP contribution is -1.98. The Morgan fingerprint density at radius 2 is 2.06 bits per heavy atom. The first-order valence-corrected chi connectivity index (χ1v) is 6.34. The molecule has 0 fully saturated rings. The van der Waals surface area contributed by atoms with E-state index in [1.807, 2.05) is 6.92 Å². The fraction of sp³-hybridized carbons (Fsp3) is 0.231. The van der Waals surface area contributed by atoms with Crippen LogP contribution in [0.3, 0.4) is 0 Å². The van der Waals surface area contributed by atoms with E-state index in [1.165, 1.54) is 30.4 Å². The maximum atomic E-state index is 12.7. The van der Waals surface area contributed by atoms with Crippen molar-refractivity contribution in [2.24, 2.45) is 0 Å². The molecule has 18 heavy (non-hydrogen) atoms. The first kappa shape index (κ1) is 12.7. The Morgan fingerprint density at radius 1 is 1.39 bits per heavy atom. The van der Waals surface area contributed by atoms with Crippen LogP contribution in [0.25, 0.3) is 0 Å². The third-order valence-corrected chi connectivity index (χ3v) is 3.71. The van der Waals surface area contributed by atoms with Crippen LogP contribution in [0, 0.1) is 12.7 Å². The summed E-state index contributed by atoms with van der Waals surface area (Å²) >= 11 is 1.39. The minimum Gasteiger partial charge on any atom is -0.379 e. The monoisotopic (exact) mass is 264 g/mol. The molecule has 0 amide bonds. The minimum atomic E-state index is -0.260. The lowest BCUT2D eigenvalue weighted by Gasteiger charge is -2.03. The van der Waals surface area contributed by atoms with E-state index >= 15 is 0 Å². The molecule has 1 aromatic carbocycles. The van der Waals surface area contributed by atoms with Crippen molar-refractivity contribution in [3.8, 4) is 0 Å². The third kappa shape index (κ3) is 2.92. The summed E-state index contributed by atoms with van der Waals surface area (Å²) < 4.78 is 12.7. The largest absolute Gasteiger partial charge is 0.379 e. The average Bonchev–Trinajstić information content (AvgIpc) is 2.70. The Morgan fingerprint density at radius 3 is 2.61 bits per heavy atom. The summed E-state index contributed by atoms with van der Waals surface area (Å²) in [6, 6.07) is 6.14. The van der Waals surface area contributed by atoms with Gasteiger partial charge >= 0.3 is 0 Å². The summed E-state index contributed by atoms with van der Waals surface area (Å²) in [4.78, 5) is 16.3. The molecule has 0 saturated heterocycles. The number of halogens is 1. The number of nitrogens with zero attached hydrogens (tertiary/aromatic N) is 1. The Hall–Kier alpha value is -1.75. The molecule has 1 aromatic heterocycles. The van der Waals surface area contributed by atoms with Gasteiger partial charge in [0.05, 0.1) is 17.1 Å². The van der Waals surface area contributed by atoms with Gasteiger partial charge in [0.15, 0.2) is 5.78 Å². The predicted octanol–water partition coefficient (Wildman–Crippen LogP) is 3.41. The molecule has 0 radical (unpaired) electrons. The lowest BCUT2D eigenvalue weighted by molar-refractivity contribution is 0.102. The lowest BCUT2D eigenvalue weighted by atomic mass is 10.3. The van der Waals surface area contributed by atoms with E-state index in [0.29, 0.717) is 11.4 Å². The van der Waals surface area contributed by atoms with Crippen molar-refractivity contribution in [2.45, 2.75) is 20.4 Å². The van der Waals surface area contributed by atoms with Crippen LogP contribution < -0.4 is 5.32 Å². The van der Waals surface area contributed by atoms with Crippen molar-refractivity contribution >= 4 is 22.8 Å². The molecule has 0 unspecified atom stereocenters. The quantitative estimate of drug-likeness (QED) is 0.860. The number of anilines is 1. The van der Waals surface area contributed by atoms with Gasteiger partial charge in [0.2, 0.25) is 0 Å². The molecule has 2 aromatic rings. The number of carbonyl (C=O) groups excluding carboxylic acids is 1. The van der Waals surface area contributed by atoms with Gasteiger partial charge in [0, 0.05) is 12.6 Å². The number of rotatable bonds is 4. The zero-order chi connectivity index (χ0) is 13.1. The topological polar surface area (TPSA) is 42.0 Å². The third-order valence-electron chi connectivity index (χ3n) is 2.45. The van der Waals surface area contributed by atoms with Crippen LogP contribution in [0.5, 0.6) is 0 Å². The zero-order valence-electron chi connectivity index (χ0n) is 10.2. The first-order chi connectivity index (χ1) is 8.56. The van der Waals surface area contributed by atoms with Gasteiger partial charge in [-0.05, 0) is 31.2 Å². The van der Waals surface area contributed by atoms with Gasteiger partial charge in [-0.15, -0.1) is 11.3 Å². The van der Waals surface area contributed by atoms with Crippen molar-refractivity contribution in [2.75, 3.05) is 5.32 Å². The Labute approximate surface area is 109 Å². The van der Waals surface area contributed by atoms with E-state index in [9.17, 15) is 9.18 Å². The molecule has 1 N–H and O–H groups in total. The molecule has 0 aliphatic rings. The molecular formula is C13H13FN2OS. The second-order valence-corrected chi connectivity index (χ2v) is 5.02. The second kappa shape index (κ2) is 5.27. The van der Waals surface area contributed by atoms with Gasteiger partial charge < -0.3 is 5.32 Å². The van der Waals surface area contributed by atoms with Gasteiger partial charge in [0.1, 0.15) is 10.8 Å². The van der Waals surface area contributed by atoms with E-state index < -0.39 is 0 Å². The molecule has 94 valence electrons. The Bertz CT molecular complexity index is 563. The summed E-state index contributed by atoms with van der Waals surface area (Å²) in [5.74, 6) is -0.220. The van der Waals surface area contributed by atoms with Gasteiger partial charge in [-0.25, -0.2) is 9.37 Å². The maximum absolute atomic E-state index is 12.7. The second-order valence-electron chi connectivity index (χ2n) is 3.94. The predicted molar refractivity (Wildman–Crippen MR) is 70.6 cm³/mol. The Kier molecular flexibility index (Phi) is 3.72. The molecule has 0 atom stereocenters. The number of ketones is 1. The molecule has 0 spiro atoms. The van der Waals surface area contributed by atoms with E-state index in [4.69, 9.17) is 0 Å². The average molecular weight is 264 g/mol. The minimum absolute atomic E-state index is 0.0398. The van der Waals surface area contributed by atoms with Crippen LogP contribution in [-0.2, 0) is 6.54 Å². The number of nitrogens with one attached hydrogen (secondary N) is 1. The highest BCUT2D eigenvalue weighted by Gasteiger charge is 2.10. The SMILES string of the molecule is CC(=O)c1sc(CNc2ccc(F)cc2)nc1C. The summed E-state index contributed by atoms with van der Waals surface area (Å²) in [5.41, 5.74) is 1.59. The van der Waals surface area contributed by atoms with Crippen LogP contribution in [0.1, 0.15) is 27.3 Å². The van der Waals surface area contributed by atoms with Crippen LogP contribution in [0.4, 0.5) is 10.1 Å². The zero-order valence-corrected chi connectivity index (χ0v) is 11.0. The number of Topliss-reactive ketones (excluding diaryl/α,β-unsaturated/α-hetero) is 1. The van der Waals surface area contributed by atoms with Crippen molar-refractivity contribution in [3.05, 3.63) is 45.7 Å². The first-order valence-electron chi connectivity index (χ1n) is 5.53. The smallest absolute Gasteiger partial charge is 0.171 e. The molecular weight excluding hydrogens is 251 g/mol. The maximum Gasteiger partial charge on any atom is 0.171 e. The summed E-state index contributed by atoms with van der Waals surface area (Å²) in [7, 11) is 0. The van der Waals surface area contributed by atoms with Crippen LogP contribution >= 0.6 is 11.3 Å². The molecule has 1 heterocycles. The summed E-state index contributed by atoms with van der Waals surface area (Å²) in [5, 5.41) is 3.99. The summed E-state index contributed by atoms with van der Waals surface area (Å²) in [6.07, 6.45) is 0. The number of benzene rings is 1. The van der Waals surface area contributed by atoms with Gasteiger partial charge in [-0.2, -0.15) is 0 Å². The fourth-order valence-electron chi connectivity index (χ4n) is 1.60. The highest BCUT2D eigenvalue weighted by Crippen LogP contribution is 2.19. The van der Waals surface area contributed by atoms with Crippen LogP contribution in [0.2, 0.25) is 0 Å². The molecule has 0 aliphatic carbocycles. The molecule has 0 aliphatic heterocycles. The number of hydrogen-bond acceptors (Lipinski definition) is 4. The van der Waals surface area contributed by atoms with Crippen LogP contribution in [-0.4, -0.2) is 10.8 Å². The molecule has 0 saturated carbocycles. The highest BCUT2D eigenvalue weighted by molar-refractivity contribution is 7.13. The Balaban J connectivity index is 2.04. The number of hydrogen-bond donors (Lipinski definition) is 1. The van der Waals surface area contributed by atoms with E-state index in [2.05, 4.69) is 10.3 Å². The molecule has 3 nitrogen and oxygen atoms in total. The van der Waals surface area contributed by atoms with Crippen LogP contribution in [0.15, 0.2) is 24.3 Å². The fourth-order valence-corrected chi connectivity index (χ4v) is 2.50. The number of thiazole rings is 1. The van der Waals surface area contributed by atoms with Crippen molar-refractivity contribution in [3.63, 3.8) is 0 Å². The molecule has 2 rings (SSSR count). The van der Waals surface area contributed by atoms with Gasteiger partial charge in [-0.1, -0.05) is 0 Å².